The van der Waals surface area contributed by atoms with E-state index in [-0.39, 0.29) is 33.3 Å². The summed E-state index contributed by atoms with van der Waals surface area (Å²) in [6, 6.07) is 12.4. The fraction of sp³-hybridized carbons (Fsp3) is 0.350. The summed E-state index contributed by atoms with van der Waals surface area (Å²) in [6.45, 7) is 3.91. The van der Waals surface area contributed by atoms with Gasteiger partial charge in [-0.2, -0.15) is 4.72 Å². The molecule has 0 aliphatic heterocycles. The number of amides is 1. The van der Waals surface area contributed by atoms with Crippen LogP contribution in [-0.4, -0.2) is 26.4 Å². The van der Waals surface area contributed by atoms with E-state index in [4.69, 9.17) is 23.2 Å². The molecule has 0 aliphatic rings. The molecule has 0 radical (unpaired) electrons. The lowest BCUT2D eigenvalue weighted by molar-refractivity contribution is -0.123. The van der Waals surface area contributed by atoms with Crippen molar-refractivity contribution < 1.29 is 13.2 Å². The molecule has 0 saturated heterocycles. The van der Waals surface area contributed by atoms with Crippen LogP contribution in [0.15, 0.2) is 53.4 Å². The third kappa shape index (κ3) is 6.48. The predicted molar refractivity (Wildman–Crippen MR) is 113 cm³/mol. The maximum absolute atomic E-state index is 12.9. The van der Waals surface area contributed by atoms with E-state index in [9.17, 15) is 13.2 Å². The Morgan fingerprint density at radius 1 is 1.11 bits per heavy atom. The van der Waals surface area contributed by atoms with Gasteiger partial charge in [0.05, 0.1) is 5.02 Å². The van der Waals surface area contributed by atoms with Crippen molar-refractivity contribution in [3.05, 3.63) is 64.1 Å². The summed E-state index contributed by atoms with van der Waals surface area (Å²) in [7, 11) is -4.05. The second kappa shape index (κ2) is 10.3. The number of nitrogens with one attached hydrogen (secondary N) is 2. The molecule has 2 aromatic carbocycles. The minimum absolute atomic E-state index is 0.0371. The summed E-state index contributed by atoms with van der Waals surface area (Å²) >= 11 is 12.0. The quantitative estimate of drug-likeness (QED) is 0.611. The molecule has 0 heterocycles. The Kier molecular flexibility index (Phi) is 8.31. The van der Waals surface area contributed by atoms with Crippen LogP contribution in [-0.2, 0) is 21.2 Å². The van der Waals surface area contributed by atoms with Gasteiger partial charge in [-0.05, 0) is 43.5 Å². The van der Waals surface area contributed by atoms with Gasteiger partial charge in [-0.3, -0.25) is 4.79 Å². The van der Waals surface area contributed by atoms with Crippen LogP contribution in [0.25, 0.3) is 0 Å². The predicted octanol–water partition coefficient (Wildman–Crippen LogP) is 4.19. The minimum atomic E-state index is -4.05. The Bertz CT molecular complexity index is 905. The second-order valence-corrected chi connectivity index (χ2v) is 9.16. The van der Waals surface area contributed by atoms with Crippen LogP contribution in [0.2, 0.25) is 10.0 Å². The van der Waals surface area contributed by atoms with Crippen molar-refractivity contribution in [1.82, 2.24) is 10.0 Å². The Morgan fingerprint density at radius 3 is 2.43 bits per heavy atom. The van der Waals surface area contributed by atoms with Crippen molar-refractivity contribution in [2.75, 3.05) is 0 Å². The Hall–Kier alpha value is -1.60. The van der Waals surface area contributed by atoms with Crippen LogP contribution in [0.5, 0.6) is 0 Å². The van der Waals surface area contributed by atoms with E-state index in [1.807, 2.05) is 44.2 Å². The van der Waals surface area contributed by atoms with E-state index in [0.29, 0.717) is 0 Å². The molecular formula is C20H24Cl2N2O3S. The average Bonchev–Trinajstić information content (AvgIpc) is 2.64. The third-order valence-electron chi connectivity index (χ3n) is 4.19. The lowest BCUT2D eigenvalue weighted by atomic mass is 10.1. The number of hydrogen-bond donors (Lipinski definition) is 2. The summed E-state index contributed by atoms with van der Waals surface area (Å²) in [5.74, 6) is -0.383. The molecule has 0 saturated carbocycles. The molecule has 152 valence electrons. The number of carbonyl (C=O) groups is 1. The first-order chi connectivity index (χ1) is 13.2. The van der Waals surface area contributed by atoms with Gasteiger partial charge in [0.15, 0.2) is 0 Å². The normalized spacial score (nSPS) is 13.7. The van der Waals surface area contributed by atoms with Gasteiger partial charge >= 0.3 is 0 Å². The summed E-state index contributed by atoms with van der Waals surface area (Å²) in [4.78, 5) is 12.6. The highest BCUT2D eigenvalue weighted by molar-refractivity contribution is 7.89. The first kappa shape index (κ1) is 22.7. The van der Waals surface area contributed by atoms with Gasteiger partial charge < -0.3 is 5.32 Å². The SMILES string of the molecule is CCC[C@H](C)NC(=O)[C@@H](Cc1ccccc1)NS(=O)(=O)c1cc(Cl)ccc1Cl. The number of carbonyl (C=O) groups excluding carboxylic acids is 1. The number of sulfonamides is 1. The molecule has 8 heteroatoms. The number of halogens is 2. The second-order valence-electron chi connectivity index (χ2n) is 6.64. The van der Waals surface area contributed by atoms with Crippen LogP contribution in [0.3, 0.4) is 0 Å². The van der Waals surface area contributed by atoms with Crippen molar-refractivity contribution in [3.8, 4) is 0 Å². The van der Waals surface area contributed by atoms with Crippen LogP contribution in [0.1, 0.15) is 32.3 Å². The largest absolute Gasteiger partial charge is 0.352 e. The maximum atomic E-state index is 12.9. The number of hydrogen-bond acceptors (Lipinski definition) is 3. The van der Waals surface area contributed by atoms with Crippen LogP contribution >= 0.6 is 23.2 Å². The summed E-state index contributed by atoms with van der Waals surface area (Å²) in [6.07, 6.45) is 1.92. The highest BCUT2D eigenvalue weighted by Gasteiger charge is 2.28. The standard InChI is InChI=1S/C20H24Cl2N2O3S/c1-3-7-14(2)23-20(25)18(12-15-8-5-4-6-9-15)24-28(26,27)19-13-16(21)10-11-17(19)22/h4-6,8-11,13-14,18,24H,3,7,12H2,1-2H3,(H,23,25)/t14-,18+/m0/s1. The zero-order chi connectivity index (χ0) is 20.7. The minimum Gasteiger partial charge on any atom is -0.352 e. The molecule has 0 bridgehead atoms. The first-order valence-electron chi connectivity index (χ1n) is 9.04. The lowest BCUT2D eigenvalue weighted by Crippen LogP contribution is -2.50. The van der Waals surface area contributed by atoms with Gasteiger partial charge in [0.25, 0.3) is 0 Å². The molecule has 2 rings (SSSR count). The molecule has 0 spiro atoms. The molecule has 2 atom stereocenters. The van der Waals surface area contributed by atoms with Crippen molar-refractivity contribution in [3.63, 3.8) is 0 Å². The van der Waals surface area contributed by atoms with E-state index >= 15 is 0 Å². The highest BCUT2D eigenvalue weighted by Crippen LogP contribution is 2.25. The van der Waals surface area contributed by atoms with Gasteiger partial charge in [-0.1, -0.05) is 66.9 Å². The Balaban J connectivity index is 2.29. The Morgan fingerprint density at radius 2 is 1.79 bits per heavy atom. The van der Waals surface area contributed by atoms with E-state index < -0.39 is 16.1 Å². The van der Waals surface area contributed by atoms with E-state index in [0.717, 1.165) is 18.4 Å². The molecule has 0 fully saturated rings. The van der Waals surface area contributed by atoms with Gasteiger partial charge in [0.1, 0.15) is 10.9 Å². The van der Waals surface area contributed by atoms with Crippen molar-refractivity contribution >= 4 is 39.1 Å². The van der Waals surface area contributed by atoms with Gasteiger partial charge in [-0.25, -0.2) is 8.42 Å². The zero-order valence-electron chi connectivity index (χ0n) is 15.8. The summed E-state index contributed by atoms with van der Waals surface area (Å²) in [5, 5.41) is 3.15. The van der Waals surface area contributed by atoms with Crippen LogP contribution in [0.4, 0.5) is 0 Å². The fourth-order valence-corrected chi connectivity index (χ4v) is 4.78. The van der Waals surface area contributed by atoms with Crippen molar-refractivity contribution in [2.45, 2.75) is 50.1 Å². The van der Waals surface area contributed by atoms with E-state index in [1.54, 1.807) is 0 Å². The highest BCUT2D eigenvalue weighted by atomic mass is 35.5. The molecule has 28 heavy (non-hydrogen) atoms. The zero-order valence-corrected chi connectivity index (χ0v) is 18.1. The molecule has 0 unspecified atom stereocenters. The monoisotopic (exact) mass is 442 g/mol. The van der Waals surface area contributed by atoms with Crippen LogP contribution in [0, 0.1) is 0 Å². The molecular weight excluding hydrogens is 419 g/mol. The molecule has 0 aliphatic carbocycles. The number of benzene rings is 2. The van der Waals surface area contributed by atoms with Crippen molar-refractivity contribution in [2.24, 2.45) is 0 Å². The number of rotatable bonds is 9. The molecule has 0 aromatic heterocycles. The van der Waals surface area contributed by atoms with E-state index in [2.05, 4.69) is 10.0 Å². The fourth-order valence-electron chi connectivity index (χ4n) is 2.82. The third-order valence-corrected chi connectivity index (χ3v) is 6.38. The first-order valence-corrected chi connectivity index (χ1v) is 11.3. The summed E-state index contributed by atoms with van der Waals surface area (Å²) in [5.41, 5.74) is 0.839. The van der Waals surface area contributed by atoms with Gasteiger partial charge in [0.2, 0.25) is 15.9 Å². The lowest BCUT2D eigenvalue weighted by Gasteiger charge is -2.22. The van der Waals surface area contributed by atoms with Crippen LogP contribution < -0.4 is 10.0 Å². The molecule has 1 amide bonds. The average molecular weight is 443 g/mol. The Labute approximate surface area is 176 Å². The maximum Gasteiger partial charge on any atom is 0.242 e. The molecule has 5 nitrogen and oxygen atoms in total. The molecule has 2 aromatic rings. The van der Waals surface area contributed by atoms with Crippen molar-refractivity contribution in [1.29, 1.82) is 0 Å². The molecule has 2 N–H and O–H groups in total. The van der Waals surface area contributed by atoms with Gasteiger partial charge in [0, 0.05) is 11.1 Å². The van der Waals surface area contributed by atoms with E-state index in [1.165, 1.54) is 18.2 Å². The topological polar surface area (TPSA) is 75.3 Å². The van der Waals surface area contributed by atoms with Gasteiger partial charge in [-0.15, -0.1) is 0 Å². The smallest absolute Gasteiger partial charge is 0.242 e. The summed E-state index contributed by atoms with van der Waals surface area (Å²) < 4.78 is 28.3.